The molecule has 0 aliphatic rings. The molecule has 0 radical (unpaired) electrons. The van der Waals surface area contributed by atoms with Crippen molar-refractivity contribution < 1.29 is 32.3 Å². The molecule has 0 saturated carbocycles. The highest BCUT2D eigenvalue weighted by atomic mass is 19.4. The van der Waals surface area contributed by atoms with E-state index in [1.807, 2.05) is 0 Å². The maximum atomic E-state index is 12.6. The van der Waals surface area contributed by atoms with Crippen LogP contribution in [0.2, 0.25) is 0 Å². The molecule has 0 aliphatic carbocycles. The van der Waals surface area contributed by atoms with Gasteiger partial charge in [0, 0.05) is 22.5 Å². The van der Waals surface area contributed by atoms with Crippen molar-refractivity contribution in [3.8, 4) is 0 Å². The minimum atomic E-state index is -4.53. The molecule has 32 heavy (non-hydrogen) atoms. The molecule has 2 aromatic carbocycles. The van der Waals surface area contributed by atoms with E-state index in [9.17, 15) is 27.6 Å². The quantitative estimate of drug-likeness (QED) is 0.603. The van der Waals surface area contributed by atoms with Gasteiger partial charge in [-0.25, -0.2) is 4.79 Å². The van der Waals surface area contributed by atoms with E-state index in [0.717, 1.165) is 0 Å². The van der Waals surface area contributed by atoms with Crippen LogP contribution in [0.5, 0.6) is 0 Å². The summed E-state index contributed by atoms with van der Waals surface area (Å²) >= 11 is 0. The highest BCUT2D eigenvalue weighted by molar-refractivity contribution is 6.06. The molecule has 0 fully saturated rings. The Morgan fingerprint density at radius 1 is 0.875 bits per heavy atom. The first-order chi connectivity index (χ1) is 14.7. The summed E-state index contributed by atoms with van der Waals surface area (Å²) in [5, 5.41) is 6.97. The molecule has 172 valence electrons. The fourth-order valence-corrected chi connectivity index (χ4v) is 2.50. The molecule has 3 N–H and O–H groups in total. The van der Waals surface area contributed by atoms with Crippen molar-refractivity contribution >= 4 is 29.3 Å². The number of benzene rings is 2. The van der Waals surface area contributed by atoms with E-state index in [0.29, 0.717) is 11.3 Å². The van der Waals surface area contributed by atoms with Crippen molar-refractivity contribution in [2.75, 3.05) is 17.2 Å². The number of hydrogen-bond acceptors (Lipinski definition) is 4. The Bertz CT molecular complexity index is 997. The molecule has 0 saturated heterocycles. The van der Waals surface area contributed by atoms with Crippen LogP contribution in [0.1, 0.15) is 47.1 Å². The number of carbonyl (C=O) groups excluding carboxylic acids is 3. The van der Waals surface area contributed by atoms with E-state index >= 15 is 0 Å². The van der Waals surface area contributed by atoms with Crippen LogP contribution in [0.25, 0.3) is 0 Å². The second-order valence-electron chi connectivity index (χ2n) is 7.99. The minimum Gasteiger partial charge on any atom is -0.444 e. The van der Waals surface area contributed by atoms with E-state index in [1.54, 1.807) is 33.0 Å². The maximum Gasteiger partial charge on any atom is 0.412 e. The molecule has 2 aromatic rings. The van der Waals surface area contributed by atoms with Gasteiger partial charge in [0.2, 0.25) is 0 Å². The molecule has 0 spiro atoms. The van der Waals surface area contributed by atoms with Crippen molar-refractivity contribution in [1.82, 2.24) is 5.32 Å². The monoisotopic (exact) mass is 451 g/mol. The largest absolute Gasteiger partial charge is 0.444 e. The van der Waals surface area contributed by atoms with Crippen LogP contribution in [0.4, 0.5) is 29.3 Å². The molecule has 2 rings (SSSR count). The lowest BCUT2D eigenvalue weighted by Gasteiger charge is -2.19. The summed E-state index contributed by atoms with van der Waals surface area (Å²) in [6.07, 6.45) is -5.16. The summed E-state index contributed by atoms with van der Waals surface area (Å²) in [7, 11) is 0. The van der Waals surface area contributed by atoms with Crippen molar-refractivity contribution in [1.29, 1.82) is 0 Å². The van der Waals surface area contributed by atoms with Crippen LogP contribution < -0.4 is 16.0 Å². The van der Waals surface area contributed by atoms with Crippen LogP contribution in [0, 0.1) is 6.92 Å². The van der Waals surface area contributed by atoms with Gasteiger partial charge in [0.1, 0.15) is 12.1 Å². The number of hydrogen-bond donors (Lipinski definition) is 3. The van der Waals surface area contributed by atoms with Gasteiger partial charge in [-0.15, -0.1) is 0 Å². The third-order valence-corrected chi connectivity index (χ3v) is 3.99. The zero-order valence-electron chi connectivity index (χ0n) is 18.0. The predicted molar refractivity (Wildman–Crippen MR) is 114 cm³/mol. The molecular formula is C22H24F3N3O4. The predicted octanol–water partition coefficient (Wildman–Crippen LogP) is 4.89. The number of nitrogens with one attached hydrogen (secondary N) is 3. The lowest BCUT2D eigenvalue weighted by molar-refractivity contribution is -0.123. The van der Waals surface area contributed by atoms with Gasteiger partial charge in [-0.3, -0.25) is 14.9 Å². The lowest BCUT2D eigenvalue weighted by atomic mass is 10.1. The average molecular weight is 451 g/mol. The number of amides is 3. The van der Waals surface area contributed by atoms with Crippen LogP contribution in [-0.2, 0) is 4.74 Å². The van der Waals surface area contributed by atoms with E-state index in [-0.39, 0.29) is 16.8 Å². The number of halogens is 3. The Morgan fingerprint density at radius 2 is 1.47 bits per heavy atom. The topological polar surface area (TPSA) is 96.5 Å². The zero-order valence-corrected chi connectivity index (χ0v) is 18.0. The fourth-order valence-electron chi connectivity index (χ4n) is 2.50. The van der Waals surface area contributed by atoms with Gasteiger partial charge in [-0.1, -0.05) is 6.07 Å². The molecule has 0 heterocycles. The van der Waals surface area contributed by atoms with E-state index < -0.39 is 36.2 Å². The molecule has 0 bridgehead atoms. The second kappa shape index (κ2) is 9.71. The third kappa shape index (κ3) is 7.93. The second-order valence-corrected chi connectivity index (χ2v) is 7.99. The number of rotatable bonds is 5. The number of carbonyl (C=O) groups is 3. The Kier molecular flexibility index (Phi) is 7.50. The standard InChI is InChI=1S/C22H24F3N3O4/c1-13-5-6-15(18(29)26-12-22(23,24)25)11-17(13)28-19(30)14-7-9-16(10-8-14)27-20(31)32-21(2,3)4/h5-11H,12H2,1-4H3,(H,26,29)(H,27,31)(H,28,30). The molecule has 0 aliphatic heterocycles. The molecular weight excluding hydrogens is 427 g/mol. The van der Waals surface area contributed by atoms with Gasteiger partial charge in [0.25, 0.3) is 11.8 Å². The number of alkyl halides is 3. The summed E-state index contributed by atoms with van der Waals surface area (Å²) in [5.74, 6) is -1.40. The molecule has 0 unspecified atom stereocenters. The van der Waals surface area contributed by atoms with Crippen LogP contribution >= 0.6 is 0 Å². The summed E-state index contributed by atoms with van der Waals surface area (Å²) in [5.41, 5.74) is 0.924. The van der Waals surface area contributed by atoms with Crippen molar-refractivity contribution in [2.45, 2.75) is 39.5 Å². The first-order valence-electron chi connectivity index (χ1n) is 9.60. The van der Waals surface area contributed by atoms with Gasteiger partial charge < -0.3 is 15.4 Å². The highest BCUT2D eigenvalue weighted by Gasteiger charge is 2.28. The Labute approximate surface area is 183 Å². The first-order valence-corrected chi connectivity index (χ1v) is 9.60. The zero-order chi connectivity index (χ0) is 24.1. The Balaban J connectivity index is 2.05. The van der Waals surface area contributed by atoms with Crippen LogP contribution in [0.3, 0.4) is 0 Å². The number of anilines is 2. The summed E-state index contributed by atoms with van der Waals surface area (Å²) in [6.45, 7) is 5.43. The maximum absolute atomic E-state index is 12.6. The fraction of sp³-hybridized carbons (Fsp3) is 0.318. The van der Waals surface area contributed by atoms with E-state index in [2.05, 4.69) is 10.6 Å². The third-order valence-electron chi connectivity index (χ3n) is 3.99. The number of ether oxygens (including phenoxy) is 1. The molecule has 10 heteroatoms. The molecule has 0 atom stereocenters. The van der Waals surface area contributed by atoms with Gasteiger partial charge >= 0.3 is 12.3 Å². The summed E-state index contributed by atoms with van der Waals surface area (Å²) in [4.78, 5) is 36.3. The minimum absolute atomic E-state index is 0.0212. The highest BCUT2D eigenvalue weighted by Crippen LogP contribution is 2.20. The SMILES string of the molecule is Cc1ccc(C(=O)NCC(F)(F)F)cc1NC(=O)c1ccc(NC(=O)OC(C)(C)C)cc1. The molecule has 0 aromatic heterocycles. The van der Waals surface area contributed by atoms with Gasteiger partial charge in [-0.05, 0) is 69.7 Å². The Morgan fingerprint density at radius 3 is 2.03 bits per heavy atom. The van der Waals surface area contributed by atoms with Gasteiger partial charge in [0.05, 0.1) is 0 Å². The molecule has 3 amide bonds. The van der Waals surface area contributed by atoms with Crippen LogP contribution in [0.15, 0.2) is 42.5 Å². The normalized spacial score (nSPS) is 11.5. The first kappa shape index (κ1) is 24.7. The molecule has 7 nitrogen and oxygen atoms in total. The van der Waals surface area contributed by atoms with Crippen molar-refractivity contribution in [3.63, 3.8) is 0 Å². The van der Waals surface area contributed by atoms with Crippen molar-refractivity contribution in [2.24, 2.45) is 0 Å². The smallest absolute Gasteiger partial charge is 0.412 e. The van der Waals surface area contributed by atoms with Crippen molar-refractivity contribution in [3.05, 3.63) is 59.2 Å². The van der Waals surface area contributed by atoms with E-state index in [1.165, 1.54) is 42.5 Å². The number of aryl methyl sites for hydroxylation is 1. The summed E-state index contributed by atoms with van der Waals surface area (Å²) in [6, 6.07) is 10.2. The van der Waals surface area contributed by atoms with Gasteiger partial charge in [-0.2, -0.15) is 13.2 Å². The lowest BCUT2D eigenvalue weighted by Crippen LogP contribution is -2.33. The Hall–Kier alpha value is -3.56. The van der Waals surface area contributed by atoms with E-state index in [4.69, 9.17) is 4.74 Å². The summed E-state index contributed by atoms with van der Waals surface area (Å²) < 4.78 is 42.1. The average Bonchev–Trinajstić information content (AvgIpc) is 2.66. The van der Waals surface area contributed by atoms with Crippen LogP contribution in [-0.4, -0.2) is 36.2 Å². The van der Waals surface area contributed by atoms with Gasteiger partial charge in [0.15, 0.2) is 0 Å².